The van der Waals surface area contributed by atoms with E-state index >= 15 is 0 Å². The van der Waals surface area contributed by atoms with Gasteiger partial charge < -0.3 is 5.32 Å². The topological polar surface area (TPSA) is 99.4 Å². The second kappa shape index (κ2) is 7.01. The Morgan fingerprint density at radius 1 is 1.32 bits per heavy atom. The van der Waals surface area contributed by atoms with Crippen LogP contribution in [0.5, 0.6) is 0 Å². The molecule has 0 saturated carbocycles. The molecule has 0 bridgehead atoms. The molecule has 2 aromatic heterocycles. The Morgan fingerprint density at radius 3 is 2.84 bits per heavy atom. The lowest BCUT2D eigenvalue weighted by molar-refractivity contribution is 0.0947. The summed E-state index contributed by atoms with van der Waals surface area (Å²) >= 11 is 0. The number of hydrogen-bond acceptors (Lipinski definition) is 4. The molecule has 0 unspecified atom stereocenters. The zero-order valence-corrected chi connectivity index (χ0v) is 14.1. The van der Waals surface area contributed by atoms with Crippen molar-refractivity contribution < 1.29 is 4.79 Å². The highest BCUT2D eigenvalue weighted by molar-refractivity contribution is 5.92. The Bertz CT molecular complexity index is 947. The van der Waals surface area contributed by atoms with Crippen LogP contribution >= 0.6 is 0 Å². The number of aryl methyl sites for hydroxylation is 2. The Balaban J connectivity index is 1.59. The van der Waals surface area contributed by atoms with Crippen LogP contribution < -0.4 is 5.32 Å². The summed E-state index contributed by atoms with van der Waals surface area (Å²) in [4.78, 5) is 11.9. The first-order chi connectivity index (χ1) is 12.1. The quantitative estimate of drug-likeness (QED) is 0.747. The van der Waals surface area contributed by atoms with E-state index in [1.54, 1.807) is 16.8 Å². The van der Waals surface area contributed by atoms with E-state index in [1.165, 1.54) is 0 Å². The fraction of sp³-hybridized carbons (Fsp3) is 0.222. The van der Waals surface area contributed by atoms with Gasteiger partial charge >= 0.3 is 0 Å². The van der Waals surface area contributed by atoms with E-state index < -0.39 is 0 Å². The van der Waals surface area contributed by atoms with Gasteiger partial charge in [0.1, 0.15) is 5.69 Å². The molecule has 0 aliphatic rings. The zero-order valence-electron chi connectivity index (χ0n) is 14.1. The molecular formula is C18H18N6O. The molecule has 1 aromatic carbocycles. The first-order valence-corrected chi connectivity index (χ1v) is 7.91. The van der Waals surface area contributed by atoms with Crippen LogP contribution in [-0.4, -0.2) is 32.4 Å². The second-order valence-corrected chi connectivity index (χ2v) is 5.78. The largest absolute Gasteiger partial charge is 0.349 e. The SMILES string of the molecule is Cc1cc(C(=O)NCCn2ccc(-c3ccc(C#N)c(C)c3)n2)[nH]n1. The molecule has 126 valence electrons. The number of benzene rings is 1. The van der Waals surface area contributed by atoms with Gasteiger partial charge in [-0.3, -0.25) is 14.6 Å². The predicted octanol–water partition coefficient (Wildman–Crippen LogP) is 2.19. The average Bonchev–Trinajstić information content (AvgIpc) is 3.24. The van der Waals surface area contributed by atoms with Crippen molar-refractivity contribution in [3.63, 3.8) is 0 Å². The van der Waals surface area contributed by atoms with E-state index in [-0.39, 0.29) is 5.91 Å². The summed E-state index contributed by atoms with van der Waals surface area (Å²) in [6.07, 6.45) is 1.87. The number of aromatic nitrogens is 4. The van der Waals surface area contributed by atoms with Crippen LogP contribution in [0.4, 0.5) is 0 Å². The maximum absolute atomic E-state index is 11.9. The third-order valence-electron chi connectivity index (χ3n) is 3.86. The Morgan fingerprint density at radius 2 is 2.16 bits per heavy atom. The summed E-state index contributed by atoms with van der Waals surface area (Å²) in [5, 5.41) is 23.0. The smallest absolute Gasteiger partial charge is 0.269 e. The van der Waals surface area contributed by atoms with Gasteiger partial charge in [0.25, 0.3) is 5.91 Å². The molecule has 3 rings (SSSR count). The highest BCUT2D eigenvalue weighted by Gasteiger charge is 2.08. The lowest BCUT2D eigenvalue weighted by Gasteiger charge is -2.04. The molecular weight excluding hydrogens is 316 g/mol. The van der Waals surface area contributed by atoms with Crippen molar-refractivity contribution in [1.29, 1.82) is 5.26 Å². The number of amides is 1. The molecule has 7 heteroatoms. The summed E-state index contributed by atoms with van der Waals surface area (Å²) in [6, 6.07) is 11.4. The molecule has 0 saturated heterocycles. The standard InChI is InChI=1S/C18H18N6O/c1-12-9-14(3-4-15(12)11-19)16-5-7-24(23-16)8-6-20-18(25)17-10-13(2)21-22-17/h3-5,7,9-10H,6,8H2,1-2H3,(H,20,25)(H,21,22). The molecule has 2 N–H and O–H groups in total. The fourth-order valence-corrected chi connectivity index (χ4v) is 2.51. The monoisotopic (exact) mass is 334 g/mol. The first-order valence-electron chi connectivity index (χ1n) is 7.91. The van der Waals surface area contributed by atoms with Gasteiger partial charge in [0.2, 0.25) is 0 Å². The maximum Gasteiger partial charge on any atom is 0.269 e. The van der Waals surface area contributed by atoms with Crippen LogP contribution in [0.15, 0.2) is 36.5 Å². The van der Waals surface area contributed by atoms with Crippen molar-refractivity contribution in [2.24, 2.45) is 0 Å². The minimum Gasteiger partial charge on any atom is -0.349 e. The van der Waals surface area contributed by atoms with Crippen LogP contribution in [0.3, 0.4) is 0 Å². The van der Waals surface area contributed by atoms with E-state index in [1.807, 2.05) is 38.2 Å². The molecule has 7 nitrogen and oxygen atoms in total. The third kappa shape index (κ3) is 3.75. The van der Waals surface area contributed by atoms with Crippen LogP contribution in [-0.2, 0) is 6.54 Å². The Kier molecular flexibility index (Phi) is 4.61. The first kappa shape index (κ1) is 16.5. The summed E-state index contributed by atoms with van der Waals surface area (Å²) in [5.41, 5.74) is 4.62. The van der Waals surface area contributed by atoms with Gasteiger partial charge in [-0.25, -0.2) is 0 Å². The summed E-state index contributed by atoms with van der Waals surface area (Å²) in [5.74, 6) is -0.185. The molecule has 25 heavy (non-hydrogen) atoms. The van der Waals surface area contributed by atoms with Crippen molar-refractivity contribution in [3.8, 4) is 17.3 Å². The molecule has 1 amide bonds. The number of carbonyl (C=O) groups is 1. The number of aromatic amines is 1. The van der Waals surface area contributed by atoms with E-state index in [2.05, 4.69) is 26.7 Å². The number of hydrogen-bond donors (Lipinski definition) is 2. The van der Waals surface area contributed by atoms with Gasteiger partial charge in [0.05, 0.1) is 29.6 Å². The van der Waals surface area contributed by atoms with Crippen molar-refractivity contribution in [3.05, 3.63) is 59.0 Å². The number of nitriles is 1. The summed E-state index contributed by atoms with van der Waals surface area (Å²) < 4.78 is 1.78. The van der Waals surface area contributed by atoms with Gasteiger partial charge in [-0.05, 0) is 43.7 Å². The lowest BCUT2D eigenvalue weighted by Crippen LogP contribution is -2.27. The van der Waals surface area contributed by atoms with Crippen LogP contribution in [0.25, 0.3) is 11.3 Å². The molecule has 0 aliphatic carbocycles. The minimum absolute atomic E-state index is 0.185. The van der Waals surface area contributed by atoms with Crippen molar-refractivity contribution in [2.75, 3.05) is 6.54 Å². The van der Waals surface area contributed by atoms with Crippen LogP contribution in [0.2, 0.25) is 0 Å². The van der Waals surface area contributed by atoms with Gasteiger partial charge in [-0.2, -0.15) is 15.5 Å². The summed E-state index contributed by atoms with van der Waals surface area (Å²) in [7, 11) is 0. The minimum atomic E-state index is -0.185. The van der Waals surface area contributed by atoms with Gasteiger partial charge in [0.15, 0.2) is 0 Å². The zero-order chi connectivity index (χ0) is 17.8. The summed E-state index contributed by atoms with van der Waals surface area (Å²) in [6.45, 7) is 4.76. The van der Waals surface area contributed by atoms with Gasteiger partial charge in [0, 0.05) is 18.3 Å². The molecule has 0 fully saturated rings. The number of H-pyrrole nitrogens is 1. The van der Waals surface area contributed by atoms with Gasteiger partial charge in [-0.1, -0.05) is 6.07 Å². The second-order valence-electron chi connectivity index (χ2n) is 5.78. The highest BCUT2D eigenvalue weighted by Crippen LogP contribution is 2.20. The van der Waals surface area contributed by atoms with E-state index in [9.17, 15) is 4.79 Å². The molecule has 0 radical (unpaired) electrons. The number of nitrogens with zero attached hydrogens (tertiary/aromatic N) is 4. The molecule has 0 atom stereocenters. The molecule has 0 spiro atoms. The fourth-order valence-electron chi connectivity index (χ4n) is 2.51. The normalized spacial score (nSPS) is 10.4. The van der Waals surface area contributed by atoms with Gasteiger partial charge in [-0.15, -0.1) is 0 Å². The van der Waals surface area contributed by atoms with Crippen LogP contribution in [0.1, 0.15) is 27.3 Å². The number of nitrogens with one attached hydrogen (secondary N) is 2. The molecule has 3 aromatic rings. The Hall–Kier alpha value is -3.40. The van der Waals surface area contributed by atoms with Crippen molar-refractivity contribution in [1.82, 2.24) is 25.3 Å². The average molecular weight is 334 g/mol. The highest BCUT2D eigenvalue weighted by atomic mass is 16.1. The molecule has 2 heterocycles. The van der Waals surface area contributed by atoms with Crippen LogP contribution in [0, 0.1) is 25.2 Å². The van der Waals surface area contributed by atoms with E-state index in [0.29, 0.717) is 24.3 Å². The number of carbonyl (C=O) groups excluding carboxylic acids is 1. The molecule has 0 aliphatic heterocycles. The lowest BCUT2D eigenvalue weighted by atomic mass is 10.0. The maximum atomic E-state index is 11.9. The Labute approximate surface area is 145 Å². The predicted molar refractivity (Wildman–Crippen MR) is 92.8 cm³/mol. The van der Waals surface area contributed by atoms with E-state index in [0.717, 1.165) is 22.5 Å². The number of rotatable bonds is 5. The third-order valence-corrected chi connectivity index (χ3v) is 3.86. The van der Waals surface area contributed by atoms with Crippen molar-refractivity contribution >= 4 is 5.91 Å². The van der Waals surface area contributed by atoms with Crippen molar-refractivity contribution in [2.45, 2.75) is 20.4 Å². The van der Waals surface area contributed by atoms with E-state index in [4.69, 9.17) is 5.26 Å².